The number of aliphatic imine (C=N–C) groups is 1. The topological polar surface area (TPSA) is 55.3 Å². The third-order valence-corrected chi connectivity index (χ3v) is 4.37. The van der Waals surface area contributed by atoms with E-state index in [2.05, 4.69) is 22.1 Å². The SMILES string of the molecule is CCNC(=NCC(C)Oc1ccccc1F)N1CCC(COCCOC)C1. The second-order valence-electron chi connectivity index (χ2n) is 6.72. The minimum absolute atomic E-state index is 0.216. The van der Waals surface area contributed by atoms with E-state index >= 15 is 0 Å². The molecule has 1 saturated heterocycles. The summed E-state index contributed by atoms with van der Waals surface area (Å²) < 4.78 is 30.0. The summed E-state index contributed by atoms with van der Waals surface area (Å²) in [7, 11) is 1.68. The van der Waals surface area contributed by atoms with Crippen molar-refractivity contribution in [2.75, 3.05) is 53.1 Å². The third-order valence-electron chi connectivity index (χ3n) is 4.37. The predicted octanol–water partition coefficient (Wildman–Crippen LogP) is 2.54. The first-order valence-electron chi connectivity index (χ1n) is 9.65. The molecule has 0 radical (unpaired) electrons. The van der Waals surface area contributed by atoms with Crippen LogP contribution in [0.1, 0.15) is 20.3 Å². The van der Waals surface area contributed by atoms with Gasteiger partial charge in [-0.2, -0.15) is 0 Å². The van der Waals surface area contributed by atoms with Gasteiger partial charge in [0.25, 0.3) is 0 Å². The summed E-state index contributed by atoms with van der Waals surface area (Å²) in [6, 6.07) is 6.44. The largest absolute Gasteiger partial charge is 0.486 e. The van der Waals surface area contributed by atoms with E-state index in [1.807, 2.05) is 6.92 Å². The van der Waals surface area contributed by atoms with E-state index < -0.39 is 0 Å². The van der Waals surface area contributed by atoms with Gasteiger partial charge >= 0.3 is 0 Å². The number of hydrogen-bond donors (Lipinski definition) is 1. The molecule has 0 aromatic heterocycles. The summed E-state index contributed by atoms with van der Waals surface area (Å²) in [6.07, 6.45) is 0.866. The van der Waals surface area contributed by atoms with Crippen LogP contribution in [0, 0.1) is 11.7 Å². The van der Waals surface area contributed by atoms with Gasteiger partial charge in [-0.15, -0.1) is 0 Å². The molecule has 1 aromatic rings. The zero-order valence-corrected chi connectivity index (χ0v) is 16.6. The molecule has 2 unspecified atom stereocenters. The van der Waals surface area contributed by atoms with Gasteiger partial charge in [0.15, 0.2) is 17.5 Å². The van der Waals surface area contributed by atoms with Crippen LogP contribution in [0.3, 0.4) is 0 Å². The number of likely N-dealkylation sites (tertiary alicyclic amines) is 1. The fourth-order valence-corrected chi connectivity index (χ4v) is 2.99. The van der Waals surface area contributed by atoms with Crippen LogP contribution in [0.4, 0.5) is 4.39 Å². The predicted molar refractivity (Wildman–Crippen MR) is 105 cm³/mol. The molecule has 0 amide bonds. The first kappa shape index (κ1) is 21.4. The second kappa shape index (κ2) is 11.8. The van der Waals surface area contributed by atoms with Crippen molar-refractivity contribution >= 4 is 5.96 Å². The van der Waals surface area contributed by atoms with Crippen molar-refractivity contribution in [2.24, 2.45) is 10.9 Å². The Morgan fingerprint density at radius 2 is 2.19 bits per heavy atom. The van der Waals surface area contributed by atoms with E-state index in [-0.39, 0.29) is 17.7 Å². The van der Waals surface area contributed by atoms with Crippen LogP contribution in [-0.2, 0) is 9.47 Å². The van der Waals surface area contributed by atoms with Crippen LogP contribution in [0.25, 0.3) is 0 Å². The van der Waals surface area contributed by atoms with E-state index in [1.165, 1.54) is 6.07 Å². The average Bonchev–Trinajstić information content (AvgIpc) is 3.13. The monoisotopic (exact) mass is 381 g/mol. The van der Waals surface area contributed by atoms with E-state index in [0.29, 0.717) is 25.7 Å². The highest BCUT2D eigenvalue weighted by Crippen LogP contribution is 2.18. The van der Waals surface area contributed by atoms with Crippen molar-refractivity contribution in [3.8, 4) is 5.75 Å². The summed E-state index contributed by atoms with van der Waals surface area (Å²) >= 11 is 0. The molecule has 1 aliphatic rings. The van der Waals surface area contributed by atoms with E-state index in [0.717, 1.165) is 38.6 Å². The number of nitrogens with one attached hydrogen (secondary N) is 1. The molecular formula is C20H32FN3O3. The molecule has 7 heteroatoms. The molecule has 1 aliphatic heterocycles. The molecule has 6 nitrogen and oxygen atoms in total. The van der Waals surface area contributed by atoms with E-state index in [1.54, 1.807) is 25.3 Å². The molecule has 152 valence electrons. The van der Waals surface area contributed by atoms with Gasteiger partial charge in [0.05, 0.1) is 26.4 Å². The highest BCUT2D eigenvalue weighted by atomic mass is 19.1. The third kappa shape index (κ3) is 7.34. The molecule has 1 fully saturated rings. The van der Waals surface area contributed by atoms with E-state index in [4.69, 9.17) is 14.2 Å². The number of benzene rings is 1. The Morgan fingerprint density at radius 3 is 2.93 bits per heavy atom. The van der Waals surface area contributed by atoms with Crippen LogP contribution >= 0.6 is 0 Å². The summed E-state index contributed by atoms with van der Waals surface area (Å²) in [5.74, 6) is 1.29. The first-order valence-corrected chi connectivity index (χ1v) is 9.65. The van der Waals surface area contributed by atoms with Crippen molar-refractivity contribution in [2.45, 2.75) is 26.4 Å². The maximum Gasteiger partial charge on any atom is 0.194 e. The maximum atomic E-state index is 13.7. The lowest BCUT2D eigenvalue weighted by Crippen LogP contribution is -2.41. The lowest BCUT2D eigenvalue weighted by molar-refractivity contribution is 0.0536. The van der Waals surface area contributed by atoms with Gasteiger partial charge < -0.3 is 24.4 Å². The van der Waals surface area contributed by atoms with Gasteiger partial charge in [-0.25, -0.2) is 9.38 Å². The fraction of sp³-hybridized carbons (Fsp3) is 0.650. The van der Waals surface area contributed by atoms with Gasteiger partial charge in [0.1, 0.15) is 6.10 Å². The quantitative estimate of drug-likeness (QED) is 0.383. The number of halogens is 1. The zero-order valence-electron chi connectivity index (χ0n) is 16.6. The van der Waals surface area contributed by atoms with Crippen molar-refractivity contribution in [3.63, 3.8) is 0 Å². The van der Waals surface area contributed by atoms with Crippen molar-refractivity contribution < 1.29 is 18.6 Å². The van der Waals surface area contributed by atoms with Crippen LogP contribution < -0.4 is 10.1 Å². The minimum Gasteiger partial charge on any atom is -0.486 e. The highest BCUT2D eigenvalue weighted by molar-refractivity contribution is 5.80. The number of ether oxygens (including phenoxy) is 3. The molecule has 2 rings (SSSR count). The molecular weight excluding hydrogens is 349 g/mol. The Balaban J connectivity index is 1.84. The normalized spacial score (nSPS) is 18.6. The summed E-state index contributed by atoms with van der Waals surface area (Å²) in [5.41, 5.74) is 0. The lowest BCUT2D eigenvalue weighted by Gasteiger charge is -2.22. The van der Waals surface area contributed by atoms with Crippen molar-refractivity contribution in [1.82, 2.24) is 10.2 Å². The Labute approximate surface area is 161 Å². The van der Waals surface area contributed by atoms with Crippen LogP contribution in [0.5, 0.6) is 5.75 Å². The number of nitrogens with zero attached hydrogens (tertiary/aromatic N) is 2. The van der Waals surface area contributed by atoms with Crippen LogP contribution in [-0.4, -0.2) is 70.1 Å². The molecule has 27 heavy (non-hydrogen) atoms. The molecule has 1 heterocycles. The molecule has 2 atom stereocenters. The summed E-state index contributed by atoms with van der Waals surface area (Å²) in [4.78, 5) is 6.94. The lowest BCUT2D eigenvalue weighted by atomic mass is 10.1. The Kier molecular flexibility index (Phi) is 9.35. The van der Waals surface area contributed by atoms with E-state index in [9.17, 15) is 4.39 Å². The summed E-state index contributed by atoms with van der Waals surface area (Å²) in [5, 5.41) is 3.34. The molecule has 0 aliphatic carbocycles. The fourth-order valence-electron chi connectivity index (χ4n) is 2.99. The minimum atomic E-state index is -0.351. The van der Waals surface area contributed by atoms with Crippen molar-refractivity contribution in [1.29, 1.82) is 0 Å². The van der Waals surface area contributed by atoms with Gasteiger partial charge in [-0.05, 0) is 32.4 Å². The molecule has 1 N–H and O–H groups in total. The van der Waals surface area contributed by atoms with Gasteiger partial charge in [-0.3, -0.25) is 0 Å². The summed E-state index contributed by atoms with van der Waals surface area (Å²) in [6.45, 7) is 9.08. The van der Waals surface area contributed by atoms with Gasteiger partial charge in [-0.1, -0.05) is 12.1 Å². The highest BCUT2D eigenvalue weighted by Gasteiger charge is 2.25. The number of rotatable bonds is 10. The smallest absolute Gasteiger partial charge is 0.194 e. The molecule has 0 bridgehead atoms. The molecule has 0 spiro atoms. The zero-order chi connectivity index (χ0) is 19.5. The number of para-hydroxylation sites is 1. The molecule has 0 saturated carbocycles. The number of hydrogen-bond acceptors (Lipinski definition) is 4. The van der Waals surface area contributed by atoms with Crippen LogP contribution in [0.15, 0.2) is 29.3 Å². The number of guanidine groups is 1. The Hall–Kier alpha value is -1.86. The average molecular weight is 381 g/mol. The van der Waals surface area contributed by atoms with Crippen molar-refractivity contribution in [3.05, 3.63) is 30.1 Å². The standard InChI is InChI=1S/C20H32FN3O3/c1-4-22-20(24-10-9-17(14-24)15-26-12-11-25-3)23-13-16(2)27-19-8-6-5-7-18(19)21/h5-8,16-17H,4,9-15H2,1-3H3,(H,22,23). The first-order chi connectivity index (χ1) is 13.1. The Bertz CT molecular complexity index is 585. The number of methoxy groups -OCH3 is 1. The molecule has 1 aromatic carbocycles. The van der Waals surface area contributed by atoms with Gasteiger partial charge in [0.2, 0.25) is 0 Å². The maximum absolute atomic E-state index is 13.7. The van der Waals surface area contributed by atoms with Crippen LogP contribution in [0.2, 0.25) is 0 Å². The Morgan fingerprint density at radius 1 is 1.37 bits per heavy atom. The second-order valence-corrected chi connectivity index (χ2v) is 6.72. The van der Waals surface area contributed by atoms with Gasteiger partial charge in [0, 0.05) is 32.7 Å².